The van der Waals surface area contributed by atoms with Gasteiger partial charge >= 0.3 is 0 Å². The first-order valence-electron chi connectivity index (χ1n) is 4.50. The normalized spacial score (nSPS) is 14.5. The first-order chi connectivity index (χ1) is 6.75. The van der Waals surface area contributed by atoms with Crippen molar-refractivity contribution in [1.29, 1.82) is 0 Å². The van der Waals surface area contributed by atoms with Crippen LogP contribution >= 0.6 is 0 Å². The Balaban J connectivity index is 2.02. The standard InChI is InChI=1S/C9H13N5/c1-14(6-7-4-2-3-5-7)9-11-8(10)12-13-9/h2,4-5H,3,6H2,1H3,(H3,10,11,12,13). The molecule has 14 heavy (non-hydrogen) atoms. The molecule has 2 rings (SSSR count). The minimum atomic E-state index is 0.350. The van der Waals surface area contributed by atoms with Crippen molar-refractivity contribution in [2.24, 2.45) is 0 Å². The Hall–Kier alpha value is -1.78. The van der Waals surface area contributed by atoms with Crippen LogP contribution in [0.25, 0.3) is 0 Å². The number of aromatic nitrogens is 3. The van der Waals surface area contributed by atoms with E-state index in [0.29, 0.717) is 11.9 Å². The lowest BCUT2D eigenvalue weighted by Gasteiger charge is -2.13. The molecule has 1 heterocycles. The topological polar surface area (TPSA) is 70.8 Å². The van der Waals surface area contributed by atoms with Gasteiger partial charge in [-0.1, -0.05) is 18.2 Å². The van der Waals surface area contributed by atoms with Crippen molar-refractivity contribution in [2.45, 2.75) is 6.42 Å². The average molecular weight is 191 g/mol. The van der Waals surface area contributed by atoms with Crippen molar-refractivity contribution in [3.8, 4) is 0 Å². The van der Waals surface area contributed by atoms with E-state index in [9.17, 15) is 0 Å². The van der Waals surface area contributed by atoms with Gasteiger partial charge in [0.2, 0.25) is 11.9 Å². The molecule has 0 saturated heterocycles. The Morgan fingerprint density at radius 3 is 3.07 bits per heavy atom. The van der Waals surface area contributed by atoms with Crippen LogP contribution in [0.2, 0.25) is 0 Å². The predicted octanol–water partition coefficient (Wildman–Crippen LogP) is 0.709. The zero-order valence-corrected chi connectivity index (χ0v) is 8.07. The highest BCUT2D eigenvalue weighted by molar-refractivity contribution is 5.38. The van der Waals surface area contributed by atoms with Gasteiger partial charge in [0, 0.05) is 13.6 Å². The number of nitrogens with zero attached hydrogens (tertiary/aromatic N) is 3. The SMILES string of the molecule is CN(CC1=CCC=C1)c1n[nH]c(N)n1. The number of hydrogen-bond acceptors (Lipinski definition) is 4. The van der Waals surface area contributed by atoms with E-state index in [1.807, 2.05) is 11.9 Å². The molecular formula is C9H13N5. The molecule has 1 aliphatic carbocycles. The first-order valence-corrected chi connectivity index (χ1v) is 4.50. The highest BCUT2D eigenvalue weighted by Gasteiger charge is 2.08. The minimum absolute atomic E-state index is 0.350. The van der Waals surface area contributed by atoms with Crippen LogP contribution in [0, 0.1) is 0 Å². The molecule has 1 aliphatic rings. The number of H-pyrrole nitrogens is 1. The van der Waals surface area contributed by atoms with Crippen LogP contribution < -0.4 is 10.6 Å². The summed E-state index contributed by atoms with van der Waals surface area (Å²) in [6, 6.07) is 0. The number of likely N-dealkylation sites (N-methyl/N-ethyl adjacent to an activating group) is 1. The van der Waals surface area contributed by atoms with E-state index in [0.717, 1.165) is 13.0 Å². The fourth-order valence-corrected chi connectivity index (χ4v) is 1.40. The number of rotatable bonds is 3. The van der Waals surface area contributed by atoms with Crippen LogP contribution in [-0.2, 0) is 0 Å². The molecule has 0 amide bonds. The van der Waals surface area contributed by atoms with Gasteiger partial charge in [-0.05, 0) is 12.0 Å². The molecule has 0 fully saturated rings. The summed E-state index contributed by atoms with van der Waals surface area (Å²) in [7, 11) is 1.94. The maximum atomic E-state index is 5.44. The van der Waals surface area contributed by atoms with E-state index < -0.39 is 0 Å². The van der Waals surface area contributed by atoms with Crippen molar-refractivity contribution >= 4 is 11.9 Å². The van der Waals surface area contributed by atoms with Gasteiger partial charge in [0.25, 0.3) is 0 Å². The second-order valence-electron chi connectivity index (χ2n) is 3.29. The molecule has 3 N–H and O–H groups in total. The molecule has 0 atom stereocenters. The van der Waals surface area contributed by atoms with Crippen LogP contribution in [0.5, 0.6) is 0 Å². The second-order valence-corrected chi connectivity index (χ2v) is 3.29. The molecule has 0 aromatic carbocycles. The summed E-state index contributed by atoms with van der Waals surface area (Å²) in [4.78, 5) is 5.99. The van der Waals surface area contributed by atoms with Crippen molar-refractivity contribution in [3.05, 3.63) is 23.8 Å². The summed E-state index contributed by atoms with van der Waals surface area (Å²) >= 11 is 0. The lowest BCUT2D eigenvalue weighted by atomic mass is 10.3. The van der Waals surface area contributed by atoms with Crippen LogP contribution in [0.1, 0.15) is 6.42 Å². The number of anilines is 2. The highest BCUT2D eigenvalue weighted by Crippen LogP contribution is 2.13. The number of nitrogen functional groups attached to an aromatic ring is 1. The Kier molecular flexibility index (Phi) is 2.22. The summed E-state index contributed by atoms with van der Waals surface area (Å²) in [5, 5.41) is 6.58. The average Bonchev–Trinajstić information content (AvgIpc) is 2.75. The summed E-state index contributed by atoms with van der Waals surface area (Å²) in [6.45, 7) is 0.813. The van der Waals surface area contributed by atoms with E-state index in [4.69, 9.17) is 5.73 Å². The van der Waals surface area contributed by atoms with Gasteiger partial charge in [0.05, 0.1) is 0 Å². The van der Waals surface area contributed by atoms with E-state index in [1.54, 1.807) is 0 Å². The zero-order chi connectivity index (χ0) is 9.97. The molecule has 0 radical (unpaired) electrons. The molecule has 0 unspecified atom stereocenters. The van der Waals surface area contributed by atoms with Gasteiger partial charge in [0.15, 0.2) is 0 Å². The quantitative estimate of drug-likeness (QED) is 0.738. The number of nitrogens with two attached hydrogens (primary N) is 1. The lowest BCUT2D eigenvalue weighted by molar-refractivity contribution is 0.929. The zero-order valence-electron chi connectivity index (χ0n) is 8.07. The number of hydrogen-bond donors (Lipinski definition) is 2. The Morgan fingerprint density at radius 2 is 2.50 bits per heavy atom. The van der Waals surface area contributed by atoms with E-state index in [1.165, 1.54) is 5.57 Å². The third-order valence-electron chi connectivity index (χ3n) is 2.10. The number of aromatic amines is 1. The Bertz CT molecular complexity index is 376. The summed E-state index contributed by atoms with van der Waals surface area (Å²) < 4.78 is 0. The summed E-state index contributed by atoms with van der Waals surface area (Å²) in [5.74, 6) is 0.978. The largest absolute Gasteiger partial charge is 0.368 e. The lowest BCUT2D eigenvalue weighted by Crippen LogP contribution is -2.20. The van der Waals surface area contributed by atoms with Gasteiger partial charge in [-0.3, -0.25) is 0 Å². The highest BCUT2D eigenvalue weighted by atomic mass is 15.4. The summed E-state index contributed by atoms with van der Waals surface area (Å²) in [6.07, 6.45) is 7.47. The molecule has 0 bridgehead atoms. The molecule has 0 spiro atoms. The molecule has 0 saturated carbocycles. The fraction of sp³-hybridized carbons (Fsp3) is 0.333. The molecule has 1 aromatic rings. The third kappa shape index (κ3) is 1.76. The molecule has 1 aromatic heterocycles. The summed E-state index contributed by atoms with van der Waals surface area (Å²) in [5.41, 5.74) is 6.73. The Labute approximate surface area is 82.3 Å². The number of allylic oxidation sites excluding steroid dienone is 2. The van der Waals surface area contributed by atoms with Gasteiger partial charge < -0.3 is 10.6 Å². The van der Waals surface area contributed by atoms with Crippen molar-refractivity contribution in [1.82, 2.24) is 15.2 Å². The van der Waals surface area contributed by atoms with E-state index in [-0.39, 0.29) is 0 Å². The smallest absolute Gasteiger partial charge is 0.246 e. The van der Waals surface area contributed by atoms with Gasteiger partial charge in [-0.25, -0.2) is 5.10 Å². The van der Waals surface area contributed by atoms with Crippen LogP contribution in [0.15, 0.2) is 23.8 Å². The van der Waals surface area contributed by atoms with Crippen molar-refractivity contribution in [2.75, 3.05) is 24.2 Å². The molecular weight excluding hydrogens is 178 g/mol. The first kappa shape index (κ1) is 8.80. The maximum Gasteiger partial charge on any atom is 0.246 e. The Morgan fingerprint density at radius 1 is 1.64 bits per heavy atom. The molecule has 5 heteroatoms. The van der Waals surface area contributed by atoms with Gasteiger partial charge in [-0.15, -0.1) is 5.10 Å². The van der Waals surface area contributed by atoms with Crippen molar-refractivity contribution < 1.29 is 0 Å². The van der Waals surface area contributed by atoms with Crippen molar-refractivity contribution in [3.63, 3.8) is 0 Å². The van der Waals surface area contributed by atoms with Crippen LogP contribution in [0.3, 0.4) is 0 Å². The molecule has 0 aliphatic heterocycles. The monoisotopic (exact) mass is 191 g/mol. The van der Waals surface area contributed by atoms with Gasteiger partial charge in [-0.2, -0.15) is 4.98 Å². The maximum absolute atomic E-state index is 5.44. The predicted molar refractivity (Wildman–Crippen MR) is 55.9 cm³/mol. The van der Waals surface area contributed by atoms with Gasteiger partial charge in [0.1, 0.15) is 0 Å². The fourth-order valence-electron chi connectivity index (χ4n) is 1.40. The van der Waals surface area contributed by atoms with Crippen LogP contribution in [0.4, 0.5) is 11.9 Å². The van der Waals surface area contributed by atoms with E-state index >= 15 is 0 Å². The third-order valence-corrected chi connectivity index (χ3v) is 2.10. The molecule has 74 valence electrons. The number of nitrogens with one attached hydrogen (secondary N) is 1. The second kappa shape index (κ2) is 3.53. The molecule has 5 nitrogen and oxygen atoms in total. The van der Waals surface area contributed by atoms with Crippen LogP contribution in [-0.4, -0.2) is 28.8 Å². The minimum Gasteiger partial charge on any atom is -0.368 e. The van der Waals surface area contributed by atoms with E-state index in [2.05, 4.69) is 33.4 Å².